The van der Waals surface area contributed by atoms with E-state index in [1.165, 1.54) is 11.1 Å². The van der Waals surface area contributed by atoms with Crippen molar-refractivity contribution in [3.63, 3.8) is 0 Å². The standard InChI is InChI=1S/C17H26N2O/c1-4-14-5-7-15(8-6-14)12-19(16-9-10-16)17(20)11-18-13(2)3/h5-8,13,16,18H,4,9-12H2,1-3H3. The molecule has 1 saturated carbocycles. The first-order valence-corrected chi connectivity index (χ1v) is 7.70. The molecule has 0 heterocycles. The molecule has 0 unspecified atom stereocenters. The number of rotatable bonds is 7. The zero-order valence-corrected chi connectivity index (χ0v) is 12.9. The first-order valence-electron chi connectivity index (χ1n) is 7.70. The molecule has 0 saturated heterocycles. The Morgan fingerprint density at radius 2 is 1.85 bits per heavy atom. The summed E-state index contributed by atoms with van der Waals surface area (Å²) in [5, 5.41) is 3.22. The average molecular weight is 274 g/mol. The molecule has 1 aromatic carbocycles. The van der Waals surface area contributed by atoms with Gasteiger partial charge in [-0.25, -0.2) is 0 Å². The highest BCUT2D eigenvalue weighted by Crippen LogP contribution is 2.28. The van der Waals surface area contributed by atoms with Crippen LogP contribution in [0.2, 0.25) is 0 Å². The minimum atomic E-state index is 0.223. The van der Waals surface area contributed by atoms with E-state index in [1.54, 1.807) is 0 Å². The van der Waals surface area contributed by atoms with Crippen molar-refractivity contribution in [2.75, 3.05) is 6.54 Å². The maximum atomic E-state index is 12.3. The molecule has 1 aromatic rings. The van der Waals surface area contributed by atoms with Gasteiger partial charge in [0.2, 0.25) is 5.91 Å². The van der Waals surface area contributed by atoms with Crippen LogP contribution in [0.15, 0.2) is 24.3 Å². The summed E-state index contributed by atoms with van der Waals surface area (Å²) < 4.78 is 0. The predicted octanol–water partition coefficient (Wildman–Crippen LogP) is 2.74. The van der Waals surface area contributed by atoms with Crippen molar-refractivity contribution < 1.29 is 4.79 Å². The second-order valence-corrected chi connectivity index (χ2v) is 5.96. The van der Waals surface area contributed by atoms with Crippen molar-refractivity contribution >= 4 is 5.91 Å². The molecule has 0 aromatic heterocycles. The Hall–Kier alpha value is -1.35. The smallest absolute Gasteiger partial charge is 0.237 e. The molecule has 1 fully saturated rings. The summed E-state index contributed by atoms with van der Waals surface area (Å²) in [5.41, 5.74) is 2.58. The predicted molar refractivity (Wildman–Crippen MR) is 82.5 cm³/mol. The highest BCUT2D eigenvalue weighted by atomic mass is 16.2. The Bertz CT molecular complexity index is 435. The summed E-state index contributed by atoms with van der Waals surface area (Å²) in [4.78, 5) is 14.4. The van der Waals surface area contributed by atoms with Gasteiger partial charge in [0.05, 0.1) is 6.54 Å². The molecular formula is C17H26N2O. The number of aryl methyl sites for hydroxylation is 1. The molecule has 0 radical (unpaired) electrons. The topological polar surface area (TPSA) is 32.3 Å². The van der Waals surface area contributed by atoms with E-state index in [1.807, 2.05) is 4.90 Å². The molecule has 20 heavy (non-hydrogen) atoms. The Balaban J connectivity index is 1.96. The van der Waals surface area contributed by atoms with Crippen LogP contribution in [-0.4, -0.2) is 29.4 Å². The third-order valence-electron chi connectivity index (χ3n) is 3.75. The van der Waals surface area contributed by atoms with E-state index in [9.17, 15) is 4.79 Å². The summed E-state index contributed by atoms with van der Waals surface area (Å²) in [7, 11) is 0. The second-order valence-electron chi connectivity index (χ2n) is 5.96. The zero-order valence-electron chi connectivity index (χ0n) is 12.9. The van der Waals surface area contributed by atoms with E-state index in [0.717, 1.165) is 25.8 Å². The summed E-state index contributed by atoms with van der Waals surface area (Å²) >= 11 is 0. The molecule has 1 N–H and O–H groups in total. The fourth-order valence-corrected chi connectivity index (χ4v) is 2.28. The fraction of sp³-hybridized carbons (Fsp3) is 0.588. The maximum absolute atomic E-state index is 12.3. The molecule has 0 bridgehead atoms. The van der Waals surface area contributed by atoms with Crippen molar-refractivity contribution in [3.05, 3.63) is 35.4 Å². The monoisotopic (exact) mass is 274 g/mol. The van der Waals surface area contributed by atoms with Gasteiger partial charge in [0.25, 0.3) is 0 Å². The third kappa shape index (κ3) is 4.34. The number of hydrogen-bond donors (Lipinski definition) is 1. The maximum Gasteiger partial charge on any atom is 0.237 e. The minimum Gasteiger partial charge on any atom is -0.334 e. The van der Waals surface area contributed by atoms with E-state index in [-0.39, 0.29) is 5.91 Å². The number of benzene rings is 1. The molecule has 1 aliphatic rings. The van der Waals surface area contributed by atoms with Crippen LogP contribution in [0.25, 0.3) is 0 Å². The number of hydrogen-bond acceptors (Lipinski definition) is 2. The van der Waals surface area contributed by atoms with E-state index >= 15 is 0 Å². The lowest BCUT2D eigenvalue weighted by atomic mass is 10.1. The van der Waals surface area contributed by atoms with Crippen LogP contribution in [-0.2, 0) is 17.8 Å². The molecule has 3 heteroatoms. The number of nitrogens with one attached hydrogen (secondary N) is 1. The molecule has 0 atom stereocenters. The van der Waals surface area contributed by atoms with E-state index < -0.39 is 0 Å². The molecular weight excluding hydrogens is 248 g/mol. The lowest BCUT2D eigenvalue weighted by molar-refractivity contribution is -0.131. The molecule has 0 aliphatic heterocycles. The van der Waals surface area contributed by atoms with Crippen molar-refractivity contribution in [3.8, 4) is 0 Å². The van der Waals surface area contributed by atoms with Gasteiger partial charge < -0.3 is 10.2 Å². The summed E-state index contributed by atoms with van der Waals surface area (Å²) in [5.74, 6) is 0.223. The largest absolute Gasteiger partial charge is 0.334 e. The summed E-state index contributed by atoms with van der Waals surface area (Å²) in [6, 6.07) is 9.44. The van der Waals surface area contributed by atoms with Crippen molar-refractivity contribution in [2.45, 2.75) is 58.7 Å². The molecule has 1 aliphatic carbocycles. The van der Waals surface area contributed by atoms with Gasteiger partial charge in [-0.05, 0) is 30.4 Å². The van der Waals surface area contributed by atoms with Crippen LogP contribution >= 0.6 is 0 Å². The van der Waals surface area contributed by atoms with Gasteiger partial charge in [0, 0.05) is 18.6 Å². The van der Waals surface area contributed by atoms with Crippen LogP contribution < -0.4 is 5.32 Å². The van der Waals surface area contributed by atoms with Crippen molar-refractivity contribution in [1.29, 1.82) is 0 Å². The second kappa shape index (κ2) is 6.89. The van der Waals surface area contributed by atoms with E-state index in [0.29, 0.717) is 18.6 Å². The van der Waals surface area contributed by atoms with Crippen LogP contribution in [0.5, 0.6) is 0 Å². The Kier molecular flexibility index (Phi) is 5.18. The first kappa shape index (κ1) is 15.0. The number of amides is 1. The highest BCUT2D eigenvalue weighted by Gasteiger charge is 2.32. The first-order chi connectivity index (χ1) is 9.60. The van der Waals surface area contributed by atoms with Gasteiger partial charge in [-0.15, -0.1) is 0 Å². The van der Waals surface area contributed by atoms with Gasteiger partial charge in [-0.2, -0.15) is 0 Å². The number of carbonyl (C=O) groups is 1. The summed E-state index contributed by atoms with van der Waals surface area (Å²) in [6.07, 6.45) is 3.37. The lowest BCUT2D eigenvalue weighted by Gasteiger charge is -2.23. The van der Waals surface area contributed by atoms with E-state index in [2.05, 4.69) is 50.4 Å². The average Bonchev–Trinajstić information content (AvgIpc) is 3.27. The Morgan fingerprint density at radius 1 is 1.25 bits per heavy atom. The summed E-state index contributed by atoms with van der Waals surface area (Å²) in [6.45, 7) is 7.48. The van der Waals surface area contributed by atoms with E-state index in [4.69, 9.17) is 0 Å². The Morgan fingerprint density at radius 3 is 2.35 bits per heavy atom. The van der Waals surface area contributed by atoms with Gasteiger partial charge in [0.15, 0.2) is 0 Å². The molecule has 110 valence electrons. The lowest BCUT2D eigenvalue weighted by Crippen LogP contribution is -2.41. The van der Waals surface area contributed by atoms with Gasteiger partial charge in [0.1, 0.15) is 0 Å². The quantitative estimate of drug-likeness (QED) is 0.829. The van der Waals surface area contributed by atoms with Crippen LogP contribution in [0.3, 0.4) is 0 Å². The molecule has 2 rings (SSSR count). The fourth-order valence-electron chi connectivity index (χ4n) is 2.28. The van der Waals surface area contributed by atoms with Crippen LogP contribution in [0.4, 0.5) is 0 Å². The number of nitrogens with zero attached hydrogens (tertiary/aromatic N) is 1. The number of carbonyl (C=O) groups excluding carboxylic acids is 1. The van der Waals surface area contributed by atoms with Crippen LogP contribution in [0.1, 0.15) is 44.7 Å². The van der Waals surface area contributed by atoms with Crippen molar-refractivity contribution in [2.24, 2.45) is 0 Å². The third-order valence-corrected chi connectivity index (χ3v) is 3.75. The highest BCUT2D eigenvalue weighted by molar-refractivity contribution is 5.79. The van der Waals surface area contributed by atoms with Gasteiger partial charge >= 0.3 is 0 Å². The normalized spacial score (nSPS) is 14.6. The molecule has 3 nitrogen and oxygen atoms in total. The zero-order chi connectivity index (χ0) is 14.5. The van der Waals surface area contributed by atoms with Crippen molar-refractivity contribution in [1.82, 2.24) is 10.2 Å². The SMILES string of the molecule is CCc1ccc(CN(C(=O)CNC(C)C)C2CC2)cc1. The Labute approximate surface area is 122 Å². The van der Waals surface area contributed by atoms with Crippen LogP contribution in [0, 0.1) is 0 Å². The van der Waals surface area contributed by atoms with Gasteiger partial charge in [-0.3, -0.25) is 4.79 Å². The minimum absolute atomic E-state index is 0.223. The molecule has 0 spiro atoms. The van der Waals surface area contributed by atoms with Gasteiger partial charge in [-0.1, -0.05) is 45.0 Å². The molecule has 1 amide bonds.